The third kappa shape index (κ3) is 2.06. The van der Waals surface area contributed by atoms with Crippen LogP contribution in [0.3, 0.4) is 0 Å². The minimum absolute atomic E-state index is 0.0841. The van der Waals surface area contributed by atoms with Crippen molar-refractivity contribution in [2.24, 2.45) is 0 Å². The van der Waals surface area contributed by atoms with Crippen LogP contribution in [0.2, 0.25) is 0 Å². The Morgan fingerprint density at radius 3 is 2.63 bits per heavy atom. The zero-order chi connectivity index (χ0) is 13.2. The molecule has 5 heteroatoms. The van der Waals surface area contributed by atoms with Gasteiger partial charge in [-0.15, -0.1) is 0 Å². The van der Waals surface area contributed by atoms with E-state index >= 15 is 0 Å². The molecule has 3 rings (SSSR count). The van der Waals surface area contributed by atoms with Crippen LogP contribution >= 0.6 is 0 Å². The van der Waals surface area contributed by atoms with Gasteiger partial charge < -0.3 is 10.5 Å². The average molecular weight is 255 g/mol. The molecular formula is C14H10FN3O. The summed E-state index contributed by atoms with van der Waals surface area (Å²) in [7, 11) is 0. The number of nitrogens with zero attached hydrogens (tertiary/aromatic N) is 2. The fourth-order valence-corrected chi connectivity index (χ4v) is 1.80. The Labute approximate surface area is 108 Å². The Morgan fingerprint density at radius 1 is 1.00 bits per heavy atom. The van der Waals surface area contributed by atoms with E-state index in [2.05, 4.69) is 9.97 Å². The van der Waals surface area contributed by atoms with Crippen LogP contribution in [0.5, 0.6) is 11.6 Å². The van der Waals surface area contributed by atoms with E-state index < -0.39 is 5.82 Å². The minimum Gasteiger partial charge on any atom is -0.434 e. The van der Waals surface area contributed by atoms with E-state index in [1.54, 1.807) is 24.4 Å². The molecule has 2 aromatic heterocycles. The third-order valence-corrected chi connectivity index (χ3v) is 2.70. The number of ether oxygens (including phenoxy) is 1. The summed E-state index contributed by atoms with van der Waals surface area (Å²) < 4.78 is 19.0. The van der Waals surface area contributed by atoms with Crippen LogP contribution in [0.15, 0.2) is 48.8 Å². The van der Waals surface area contributed by atoms with E-state index in [0.29, 0.717) is 17.0 Å². The minimum atomic E-state index is -0.525. The Bertz CT molecular complexity index is 746. The highest BCUT2D eigenvalue weighted by atomic mass is 19.1. The summed E-state index contributed by atoms with van der Waals surface area (Å²) in [4.78, 5) is 8.06. The van der Waals surface area contributed by atoms with Gasteiger partial charge in [-0.25, -0.2) is 9.37 Å². The second kappa shape index (κ2) is 4.53. The number of hydrogen-bond acceptors (Lipinski definition) is 4. The van der Waals surface area contributed by atoms with E-state index in [-0.39, 0.29) is 5.88 Å². The lowest BCUT2D eigenvalue weighted by Crippen LogP contribution is -1.95. The molecule has 2 N–H and O–H groups in total. The molecule has 19 heavy (non-hydrogen) atoms. The van der Waals surface area contributed by atoms with Gasteiger partial charge >= 0.3 is 0 Å². The summed E-state index contributed by atoms with van der Waals surface area (Å²) >= 11 is 0. The van der Waals surface area contributed by atoms with Gasteiger partial charge in [-0.1, -0.05) is 0 Å². The molecule has 0 saturated heterocycles. The van der Waals surface area contributed by atoms with Gasteiger partial charge in [-0.2, -0.15) is 0 Å². The van der Waals surface area contributed by atoms with Crippen LogP contribution in [0, 0.1) is 5.82 Å². The van der Waals surface area contributed by atoms with Crippen LogP contribution < -0.4 is 10.5 Å². The van der Waals surface area contributed by atoms with Crippen molar-refractivity contribution in [1.82, 2.24) is 9.97 Å². The molecule has 0 fully saturated rings. The number of halogens is 1. The van der Waals surface area contributed by atoms with Crippen molar-refractivity contribution in [3.05, 3.63) is 54.6 Å². The third-order valence-electron chi connectivity index (χ3n) is 2.70. The Morgan fingerprint density at radius 2 is 1.79 bits per heavy atom. The Hall–Kier alpha value is -2.69. The summed E-state index contributed by atoms with van der Waals surface area (Å²) in [6.07, 6.45) is 3.09. The smallest absolute Gasteiger partial charge is 0.255 e. The molecule has 0 bridgehead atoms. The van der Waals surface area contributed by atoms with Crippen molar-refractivity contribution in [1.29, 1.82) is 0 Å². The Kier molecular flexibility index (Phi) is 2.72. The molecule has 0 radical (unpaired) electrons. The average Bonchev–Trinajstić information content (AvgIpc) is 2.44. The molecule has 0 spiro atoms. The molecule has 0 atom stereocenters. The summed E-state index contributed by atoms with van der Waals surface area (Å²) in [5.74, 6) is -0.190. The molecule has 0 saturated carbocycles. The Balaban J connectivity index is 2.12. The van der Waals surface area contributed by atoms with Crippen molar-refractivity contribution in [3.8, 4) is 11.6 Å². The lowest BCUT2D eigenvalue weighted by Gasteiger charge is -2.09. The normalized spacial score (nSPS) is 10.6. The number of benzene rings is 1. The van der Waals surface area contributed by atoms with Crippen LogP contribution in [-0.2, 0) is 0 Å². The molecule has 0 aliphatic rings. The van der Waals surface area contributed by atoms with E-state index in [0.717, 1.165) is 5.39 Å². The van der Waals surface area contributed by atoms with Crippen LogP contribution in [-0.4, -0.2) is 9.97 Å². The molecule has 0 aliphatic heterocycles. The van der Waals surface area contributed by atoms with E-state index in [4.69, 9.17) is 10.5 Å². The predicted molar refractivity (Wildman–Crippen MR) is 70.4 cm³/mol. The number of rotatable bonds is 2. The number of pyridine rings is 2. The van der Waals surface area contributed by atoms with Gasteiger partial charge in [0.2, 0.25) is 0 Å². The largest absolute Gasteiger partial charge is 0.434 e. The van der Waals surface area contributed by atoms with Crippen molar-refractivity contribution < 1.29 is 9.13 Å². The van der Waals surface area contributed by atoms with Crippen LogP contribution in [0.4, 0.5) is 10.1 Å². The fraction of sp³-hybridized carbons (Fsp3) is 0. The molecule has 4 nitrogen and oxygen atoms in total. The van der Waals surface area contributed by atoms with Gasteiger partial charge in [0.25, 0.3) is 5.88 Å². The molecule has 3 aromatic rings. The maximum Gasteiger partial charge on any atom is 0.255 e. The highest BCUT2D eigenvalue weighted by Gasteiger charge is 2.10. The topological polar surface area (TPSA) is 61.0 Å². The van der Waals surface area contributed by atoms with Crippen molar-refractivity contribution >= 4 is 16.6 Å². The number of anilines is 1. The SMILES string of the molecule is Nc1ccc(Oc2ncccc2F)c2ncccc12. The summed E-state index contributed by atoms with van der Waals surface area (Å²) in [6.45, 7) is 0. The first-order valence-electron chi connectivity index (χ1n) is 5.67. The zero-order valence-electron chi connectivity index (χ0n) is 9.88. The molecule has 2 heterocycles. The van der Waals surface area contributed by atoms with Gasteiger partial charge in [0.1, 0.15) is 5.52 Å². The van der Waals surface area contributed by atoms with Gasteiger partial charge in [0.05, 0.1) is 0 Å². The van der Waals surface area contributed by atoms with Crippen molar-refractivity contribution in [2.45, 2.75) is 0 Å². The van der Waals surface area contributed by atoms with E-state index in [9.17, 15) is 4.39 Å². The maximum absolute atomic E-state index is 13.5. The van der Waals surface area contributed by atoms with Gasteiger partial charge in [0.15, 0.2) is 11.6 Å². The quantitative estimate of drug-likeness (QED) is 0.714. The second-order valence-corrected chi connectivity index (χ2v) is 3.94. The predicted octanol–water partition coefficient (Wildman–Crippen LogP) is 3.14. The number of nitrogen functional groups attached to an aromatic ring is 1. The molecule has 0 amide bonds. The number of fused-ring (bicyclic) bond motifs is 1. The molecule has 1 aromatic carbocycles. The molecule has 0 unspecified atom stereocenters. The van der Waals surface area contributed by atoms with Crippen LogP contribution in [0.25, 0.3) is 10.9 Å². The van der Waals surface area contributed by atoms with Crippen LogP contribution in [0.1, 0.15) is 0 Å². The lowest BCUT2D eigenvalue weighted by atomic mass is 10.2. The maximum atomic E-state index is 13.5. The van der Waals surface area contributed by atoms with Crippen molar-refractivity contribution in [3.63, 3.8) is 0 Å². The van der Waals surface area contributed by atoms with Gasteiger partial charge in [-0.3, -0.25) is 4.98 Å². The fourth-order valence-electron chi connectivity index (χ4n) is 1.80. The summed E-state index contributed by atoms with van der Waals surface area (Å²) in [5, 5.41) is 0.760. The number of hydrogen-bond donors (Lipinski definition) is 1. The number of aromatic nitrogens is 2. The van der Waals surface area contributed by atoms with Gasteiger partial charge in [-0.05, 0) is 36.4 Å². The first kappa shape index (κ1) is 11.4. The van der Waals surface area contributed by atoms with E-state index in [1.165, 1.54) is 18.3 Å². The number of nitrogens with two attached hydrogens (primary N) is 1. The lowest BCUT2D eigenvalue weighted by molar-refractivity contribution is 0.426. The summed E-state index contributed by atoms with van der Waals surface area (Å²) in [6, 6.07) is 9.75. The standard InChI is InChI=1S/C14H10FN3O/c15-10-4-2-8-18-14(10)19-12-6-5-11(16)9-3-1-7-17-13(9)12/h1-8H,16H2. The summed E-state index contributed by atoms with van der Waals surface area (Å²) in [5.41, 5.74) is 7.03. The van der Waals surface area contributed by atoms with E-state index in [1.807, 2.05) is 6.07 Å². The first-order chi connectivity index (χ1) is 9.25. The highest BCUT2D eigenvalue weighted by molar-refractivity contribution is 5.94. The van der Waals surface area contributed by atoms with Crippen molar-refractivity contribution in [2.75, 3.05) is 5.73 Å². The monoisotopic (exact) mass is 255 g/mol. The van der Waals surface area contributed by atoms with Gasteiger partial charge in [0, 0.05) is 23.5 Å². The highest BCUT2D eigenvalue weighted by Crippen LogP contribution is 2.31. The molecular weight excluding hydrogens is 245 g/mol. The first-order valence-corrected chi connectivity index (χ1v) is 5.67. The second-order valence-electron chi connectivity index (χ2n) is 3.94. The molecule has 0 aliphatic carbocycles. The zero-order valence-corrected chi connectivity index (χ0v) is 9.88. The molecule has 94 valence electrons.